The molecule has 1 fully saturated rings. The summed E-state index contributed by atoms with van der Waals surface area (Å²) in [6.45, 7) is 5.01. The number of benzene rings is 1. The topological polar surface area (TPSA) is 38.8 Å². The van der Waals surface area contributed by atoms with E-state index >= 15 is 0 Å². The Hall–Kier alpha value is -1.55. The quantitative estimate of drug-likeness (QED) is 0.776. The first-order valence-corrected chi connectivity index (χ1v) is 7.26. The Morgan fingerprint density at radius 2 is 1.85 bits per heavy atom. The third-order valence-corrected chi connectivity index (χ3v) is 3.60. The van der Waals surface area contributed by atoms with Gasteiger partial charge < -0.3 is 9.47 Å². The van der Waals surface area contributed by atoms with Crippen LogP contribution in [-0.4, -0.2) is 43.7 Å². The summed E-state index contributed by atoms with van der Waals surface area (Å²) in [5.41, 5.74) is 0.566. The molecule has 4 heteroatoms. The number of esters is 1. The summed E-state index contributed by atoms with van der Waals surface area (Å²) >= 11 is 0. The lowest BCUT2D eigenvalue weighted by Crippen LogP contribution is -2.37. The van der Waals surface area contributed by atoms with Gasteiger partial charge in [0.05, 0.1) is 12.7 Å². The minimum Gasteiger partial charge on any atom is -0.497 e. The molecule has 1 atom stereocenters. The number of piperidine rings is 1. The molecule has 0 aromatic heterocycles. The van der Waals surface area contributed by atoms with Gasteiger partial charge >= 0.3 is 5.97 Å². The van der Waals surface area contributed by atoms with Gasteiger partial charge in [0, 0.05) is 6.54 Å². The predicted molar refractivity (Wildman–Crippen MR) is 78.2 cm³/mol. The molecular formula is C16H23NO3. The second kappa shape index (κ2) is 7.29. The van der Waals surface area contributed by atoms with E-state index < -0.39 is 0 Å². The van der Waals surface area contributed by atoms with E-state index in [2.05, 4.69) is 4.90 Å². The van der Waals surface area contributed by atoms with Crippen molar-refractivity contribution in [2.45, 2.75) is 32.3 Å². The molecule has 0 aliphatic carbocycles. The van der Waals surface area contributed by atoms with Gasteiger partial charge in [-0.2, -0.15) is 0 Å². The van der Waals surface area contributed by atoms with Crippen molar-refractivity contribution in [2.24, 2.45) is 0 Å². The van der Waals surface area contributed by atoms with E-state index in [4.69, 9.17) is 9.47 Å². The third kappa shape index (κ3) is 4.23. The number of methoxy groups -OCH3 is 1. The molecule has 0 radical (unpaired) electrons. The maximum absolute atomic E-state index is 12.0. The van der Waals surface area contributed by atoms with Crippen molar-refractivity contribution < 1.29 is 14.3 Å². The minimum absolute atomic E-state index is 0.0808. The Balaban J connectivity index is 1.82. The van der Waals surface area contributed by atoms with Crippen molar-refractivity contribution in [1.82, 2.24) is 4.90 Å². The standard InChI is InChI=1S/C16H23NO3/c1-13(12-17-10-4-3-5-11-17)20-16(18)14-6-8-15(19-2)9-7-14/h6-9,13H,3-5,10-12H2,1-2H3. The highest BCUT2D eigenvalue weighted by Gasteiger charge is 2.17. The summed E-state index contributed by atoms with van der Waals surface area (Å²) < 4.78 is 10.6. The Labute approximate surface area is 120 Å². The van der Waals surface area contributed by atoms with Crippen molar-refractivity contribution in [1.29, 1.82) is 0 Å². The van der Waals surface area contributed by atoms with Crippen LogP contribution in [0.1, 0.15) is 36.5 Å². The van der Waals surface area contributed by atoms with E-state index in [1.807, 2.05) is 6.92 Å². The van der Waals surface area contributed by atoms with Gasteiger partial charge in [-0.25, -0.2) is 4.79 Å². The molecule has 1 saturated heterocycles. The Kier molecular flexibility index (Phi) is 5.41. The summed E-state index contributed by atoms with van der Waals surface area (Å²) in [7, 11) is 1.61. The molecule has 0 bridgehead atoms. The third-order valence-electron chi connectivity index (χ3n) is 3.60. The van der Waals surface area contributed by atoms with Gasteiger partial charge in [-0.3, -0.25) is 4.90 Å². The van der Waals surface area contributed by atoms with E-state index in [0.717, 1.165) is 25.4 Å². The molecule has 0 saturated carbocycles. The molecule has 4 nitrogen and oxygen atoms in total. The first-order chi connectivity index (χ1) is 9.69. The fraction of sp³-hybridized carbons (Fsp3) is 0.562. The first kappa shape index (κ1) is 14.9. The van der Waals surface area contributed by atoms with Crippen molar-refractivity contribution in [3.8, 4) is 5.75 Å². The second-order valence-corrected chi connectivity index (χ2v) is 5.31. The number of nitrogens with zero attached hydrogens (tertiary/aromatic N) is 1. The number of hydrogen-bond donors (Lipinski definition) is 0. The number of ether oxygens (including phenoxy) is 2. The fourth-order valence-electron chi connectivity index (χ4n) is 2.52. The fourth-order valence-corrected chi connectivity index (χ4v) is 2.52. The van der Waals surface area contributed by atoms with Crippen LogP contribution in [0.4, 0.5) is 0 Å². The maximum atomic E-state index is 12.0. The smallest absolute Gasteiger partial charge is 0.338 e. The van der Waals surface area contributed by atoms with Gasteiger partial charge in [0.1, 0.15) is 11.9 Å². The monoisotopic (exact) mass is 277 g/mol. The zero-order chi connectivity index (χ0) is 14.4. The van der Waals surface area contributed by atoms with Gasteiger partial charge in [0.2, 0.25) is 0 Å². The highest BCUT2D eigenvalue weighted by molar-refractivity contribution is 5.89. The SMILES string of the molecule is COc1ccc(C(=O)OC(C)CN2CCCCC2)cc1. The zero-order valence-corrected chi connectivity index (χ0v) is 12.3. The summed E-state index contributed by atoms with van der Waals surface area (Å²) in [6, 6.07) is 7.00. The van der Waals surface area contributed by atoms with Crippen molar-refractivity contribution in [2.75, 3.05) is 26.7 Å². The minimum atomic E-state index is -0.267. The normalized spacial score (nSPS) is 17.5. The number of rotatable bonds is 5. The second-order valence-electron chi connectivity index (χ2n) is 5.31. The van der Waals surface area contributed by atoms with Gasteiger partial charge in [0.15, 0.2) is 0 Å². The summed E-state index contributed by atoms with van der Waals surface area (Å²) in [5.74, 6) is 0.472. The summed E-state index contributed by atoms with van der Waals surface area (Å²) in [6.07, 6.45) is 3.73. The average molecular weight is 277 g/mol. The van der Waals surface area contributed by atoms with E-state index in [-0.39, 0.29) is 12.1 Å². The van der Waals surface area contributed by atoms with E-state index in [9.17, 15) is 4.79 Å². The number of carbonyl (C=O) groups excluding carboxylic acids is 1. The van der Waals surface area contributed by atoms with E-state index in [0.29, 0.717) is 5.56 Å². The van der Waals surface area contributed by atoms with Crippen LogP contribution in [-0.2, 0) is 4.74 Å². The Morgan fingerprint density at radius 3 is 2.45 bits per heavy atom. The Bertz CT molecular complexity index is 424. The average Bonchev–Trinajstić information content (AvgIpc) is 2.48. The molecule has 2 rings (SSSR count). The summed E-state index contributed by atoms with van der Waals surface area (Å²) in [5, 5.41) is 0. The van der Waals surface area contributed by atoms with E-state index in [1.165, 1.54) is 19.3 Å². The molecule has 1 heterocycles. The largest absolute Gasteiger partial charge is 0.497 e. The van der Waals surface area contributed by atoms with E-state index in [1.54, 1.807) is 31.4 Å². The molecule has 0 N–H and O–H groups in total. The van der Waals surface area contributed by atoms with Gasteiger partial charge in [-0.1, -0.05) is 6.42 Å². The highest BCUT2D eigenvalue weighted by atomic mass is 16.5. The molecular weight excluding hydrogens is 254 g/mol. The Morgan fingerprint density at radius 1 is 1.20 bits per heavy atom. The molecule has 110 valence electrons. The van der Waals surface area contributed by atoms with Crippen LogP contribution in [0.3, 0.4) is 0 Å². The van der Waals surface area contributed by atoms with Crippen LogP contribution in [0.2, 0.25) is 0 Å². The molecule has 1 unspecified atom stereocenters. The lowest BCUT2D eigenvalue weighted by molar-refractivity contribution is 0.0236. The van der Waals surface area contributed by atoms with Crippen molar-refractivity contribution in [3.05, 3.63) is 29.8 Å². The molecule has 20 heavy (non-hydrogen) atoms. The first-order valence-electron chi connectivity index (χ1n) is 7.26. The van der Waals surface area contributed by atoms with Crippen molar-refractivity contribution in [3.63, 3.8) is 0 Å². The lowest BCUT2D eigenvalue weighted by atomic mass is 10.1. The molecule has 1 aromatic rings. The van der Waals surface area contributed by atoms with Crippen LogP contribution in [0.5, 0.6) is 5.75 Å². The summed E-state index contributed by atoms with van der Waals surface area (Å²) in [4.78, 5) is 14.4. The number of carbonyl (C=O) groups is 1. The lowest BCUT2D eigenvalue weighted by Gasteiger charge is -2.28. The molecule has 1 aliphatic heterocycles. The molecule has 0 amide bonds. The predicted octanol–water partition coefficient (Wildman–Crippen LogP) is 2.73. The van der Waals surface area contributed by atoms with Crippen LogP contribution in [0.25, 0.3) is 0 Å². The zero-order valence-electron chi connectivity index (χ0n) is 12.3. The number of hydrogen-bond acceptors (Lipinski definition) is 4. The van der Waals surface area contributed by atoms with Crippen LogP contribution >= 0.6 is 0 Å². The molecule has 1 aliphatic rings. The van der Waals surface area contributed by atoms with Gasteiger partial charge in [-0.15, -0.1) is 0 Å². The van der Waals surface area contributed by atoms with Crippen LogP contribution < -0.4 is 4.74 Å². The number of likely N-dealkylation sites (tertiary alicyclic amines) is 1. The molecule has 0 spiro atoms. The highest BCUT2D eigenvalue weighted by Crippen LogP contribution is 2.14. The van der Waals surface area contributed by atoms with Crippen LogP contribution in [0, 0.1) is 0 Å². The van der Waals surface area contributed by atoms with Crippen molar-refractivity contribution >= 4 is 5.97 Å². The van der Waals surface area contributed by atoms with Gasteiger partial charge in [0.25, 0.3) is 0 Å². The maximum Gasteiger partial charge on any atom is 0.338 e. The van der Waals surface area contributed by atoms with Gasteiger partial charge in [-0.05, 0) is 57.1 Å². The van der Waals surface area contributed by atoms with Crippen LogP contribution in [0.15, 0.2) is 24.3 Å². The molecule has 1 aromatic carbocycles.